The summed E-state index contributed by atoms with van der Waals surface area (Å²) in [5.41, 5.74) is -0.503. The van der Waals surface area contributed by atoms with Crippen LogP contribution in [0.1, 0.15) is 20.8 Å². The largest absolute Gasteiger partial charge is 0.444 e. The molecule has 0 saturated heterocycles. The van der Waals surface area contributed by atoms with Crippen LogP contribution in [-0.2, 0) is 4.74 Å². The average molecular weight is 215 g/mol. The zero-order valence-corrected chi connectivity index (χ0v) is 9.12. The molecule has 1 rings (SSSR count). The van der Waals surface area contributed by atoms with Crippen LogP contribution in [0, 0.1) is 4.64 Å². The highest BCUT2D eigenvalue weighted by atomic mass is 32.1. The van der Waals surface area contributed by atoms with Crippen LogP contribution in [0.2, 0.25) is 0 Å². The van der Waals surface area contributed by atoms with E-state index in [1.165, 1.54) is 0 Å². The second-order valence-electron chi connectivity index (χ2n) is 3.80. The third kappa shape index (κ3) is 3.61. The van der Waals surface area contributed by atoms with Crippen LogP contribution in [0.5, 0.6) is 0 Å². The van der Waals surface area contributed by atoms with Crippen molar-refractivity contribution in [2.45, 2.75) is 26.4 Å². The third-order valence-corrected chi connectivity index (χ3v) is 1.45. The predicted octanol–water partition coefficient (Wildman–Crippen LogP) is 2.42. The van der Waals surface area contributed by atoms with E-state index in [-0.39, 0.29) is 0 Å². The summed E-state index contributed by atoms with van der Waals surface area (Å²) in [6, 6.07) is 1.60. The van der Waals surface area contributed by atoms with Gasteiger partial charge in [-0.2, -0.15) is 0 Å². The Balaban J connectivity index is 2.54. The molecule has 3 N–H and O–H groups in total. The molecule has 0 aliphatic rings. The Morgan fingerprint density at radius 2 is 2.14 bits per heavy atom. The van der Waals surface area contributed by atoms with E-state index in [1.54, 1.807) is 26.8 Å². The van der Waals surface area contributed by atoms with Gasteiger partial charge >= 0.3 is 6.09 Å². The van der Waals surface area contributed by atoms with Crippen LogP contribution in [0.25, 0.3) is 0 Å². The summed E-state index contributed by atoms with van der Waals surface area (Å²) in [4.78, 5) is 11.2. The van der Waals surface area contributed by atoms with E-state index in [9.17, 15) is 4.79 Å². The quantitative estimate of drug-likeness (QED) is 0.630. The van der Waals surface area contributed by atoms with Crippen molar-refractivity contribution in [1.82, 2.24) is 10.2 Å². The van der Waals surface area contributed by atoms with Gasteiger partial charge in [-0.25, -0.2) is 4.79 Å². The van der Waals surface area contributed by atoms with Gasteiger partial charge in [0.1, 0.15) is 16.1 Å². The molecule has 0 bridgehead atoms. The van der Waals surface area contributed by atoms with Gasteiger partial charge in [0.05, 0.1) is 0 Å². The first-order chi connectivity index (χ1) is 6.37. The van der Waals surface area contributed by atoms with Gasteiger partial charge in [-0.3, -0.25) is 15.5 Å². The second-order valence-corrected chi connectivity index (χ2v) is 4.24. The number of nitrogens with one attached hydrogen (secondary N) is 3. The van der Waals surface area contributed by atoms with Crippen LogP contribution in [-0.4, -0.2) is 21.9 Å². The monoisotopic (exact) mass is 215 g/mol. The second kappa shape index (κ2) is 3.83. The first kappa shape index (κ1) is 10.8. The maximum Gasteiger partial charge on any atom is 0.413 e. The van der Waals surface area contributed by atoms with Crippen LogP contribution in [0.3, 0.4) is 0 Å². The minimum atomic E-state index is -0.511. The summed E-state index contributed by atoms with van der Waals surface area (Å²) in [5.74, 6) is 0.490. The van der Waals surface area contributed by atoms with E-state index < -0.39 is 11.7 Å². The molecule has 0 fully saturated rings. The van der Waals surface area contributed by atoms with E-state index in [0.717, 1.165) is 0 Å². The topological polar surface area (TPSA) is 69.9 Å². The van der Waals surface area contributed by atoms with Crippen LogP contribution < -0.4 is 5.32 Å². The lowest BCUT2D eigenvalue weighted by molar-refractivity contribution is 0.0635. The lowest BCUT2D eigenvalue weighted by Crippen LogP contribution is -2.27. The third-order valence-electron chi connectivity index (χ3n) is 1.23. The normalized spacial score (nSPS) is 11.1. The molecule has 0 aromatic carbocycles. The fourth-order valence-corrected chi connectivity index (χ4v) is 0.982. The van der Waals surface area contributed by atoms with Gasteiger partial charge in [-0.1, -0.05) is 12.2 Å². The van der Waals surface area contributed by atoms with Crippen molar-refractivity contribution in [2.24, 2.45) is 0 Å². The number of carbonyl (C=O) groups excluding carboxylic acids is 1. The molecular weight excluding hydrogens is 202 g/mol. The fourth-order valence-electron chi connectivity index (χ4n) is 0.813. The first-order valence-electron chi connectivity index (χ1n) is 4.14. The zero-order valence-electron chi connectivity index (χ0n) is 8.30. The fraction of sp³-hybridized carbons (Fsp3) is 0.500. The Hall–Kier alpha value is -1.30. The molecule has 1 aromatic heterocycles. The molecule has 0 radical (unpaired) electrons. The van der Waals surface area contributed by atoms with Gasteiger partial charge < -0.3 is 4.74 Å². The van der Waals surface area contributed by atoms with Crippen molar-refractivity contribution < 1.29 is 9.53 Å². The van der Waals surface area contributed by atoms with Gasteiger partial charge in [-0.05, 0) is 20.8 Å². The molecule has 0 atom stereocenters. The van der Waals surface area contributed by atoms with E-state index in [0.29, 0.717) is 10.5 Å². The number of rotatable bonds is 1. The molecule has 0 saturated carbocycles. The maximum atomic E-state index is 11.2. The molecule has 0 unspecified atom stereocenters. The first-order valence-corrected chi connectivity index (χ1v) is 4.55. The van der Waals surface area contributed by atoms with Crippen molar-refractivity contribution in [3.05, 3.63) is 10.7 Å². The van der Waals surface area contributed by atoms with Crippen LogP contribution >= 0.6 is 12.2 Å². The molecule has 5 nitrogen and oxygen atoms in total. The molecule has 1 heterocycles. The Labute approximate surface area is 86.8 Å². The van der Waals surface area contributed by atoms with Gasteiger partial charge in [0, 0.05) is 6.07 Å². The van der Waals surface area contributed by atoms with E-state index in [1.807, 2.05) is 0 Å². The molecular formula is C8H13N3O2S. The standard InChI is InChI=1S/C8H13N3O2S/c1-8(2,3)13-7(12)9-5-4-6(14)11-10-5/h4H,1-3H3,(H3,9,10,11,12,14). The van der Waals surface area contributed by atoms with Crippen molar-refractivity contribution in [2.75, 3.05) is 5.32 Å². The lowest BCUT2D eigenvalue weighted by Gasteiger charge is -2.19. The molecule has 1 aromatic rings. The highest BCUT2D eigenvalue weighted by molar-refractivity contribution is 7.71. The number of aromatic nitrogens is 2. The van der Waals surface area contributed by atoms with Crippen molar-refractivity contribution in [3.8, 4) is 0 Å². The number of hydrogen-bond acceptors (Lipinski definition) is 3. The van der Waals surface area contributed by atoms with E-state index in [4.69, 9.17) is 17.0 Å². The van der Waals surface area contributed by atoms with Gasteiger partial charge in [0.15, 0.2) is 0 Å². The number of anilines is 1. The number of aromatic amines is 2. The molecule has 1 amide bonds. The number of H-pyrrole nitrogens is 2. The number of carbonyl (C=O) groups is 1. The van der Waals surface area contributed by atoms with E-state index in [2.05, 4.69) is 15.5 Å². The van der Waals surface area contributed by atoms with Crippen molar-refractivity contribution in [3.63, 3.8) is 0 Å². The summed E-state index contributed by atoms with van der Waals surface area (Å²) in [6.07, 6.45) is -0.511. The summed E-state index contributed by atoms with van der Waals surface area (Å²) in [5, 5.41) is 7.84. The van der Waals surface area contributed by atoms with Gasteiger partial charge in [0.25, 0.3) is 0 Å². The molecule has 0 aliphatic heterocycles. The summed E-state index contributed by atoms with van der Waals surface area (Å²) < 4.78 is 5.56. The lowest BCUT2D eigenvalue weighted by atomic mass is 10.2. The zero-order chi connectivity index (χ0) is 10.8. The molecule has 0 spiro atoms. The summed E-state index contributed by atoms with van der Waals surface area (Å²) in [7, 11) is 0. The molecule has 6 heteroatoms. The predicted molar refractivity (Wildman–Crippen MR) is 55.8 cm³/mol. The maximum absolute atomic E-state index is 11.2. The van der Waals surface area contributed by atoms with E-state index >= 15 is 0 Å². The van der Waals surface area contributed by atoms with Crippen molar-refractivity contribution in [1.29, 1.82) is 0 Å². The van der Waals surface area contributed by atoms with Crippen LogP contribution in [0.15, 0.2) is 6.07 Å². The smallest absolute Gasteiger partial charge is 0.413 e. The number of ether oxygens (including phenoxy) is 1. The Morgan fingerprint density at radius 1 is 1.50 bits per heavy atom. The van der Waals surface area contributed by atoms with Gasteiger partial charge in [0.2, 0.25) is 0 Å². The average Bonchev–Trinajstić information content (AvgIpc) is 2.30. The Morgan fingerprint density at radius 3 is 2.57 bits per heavy atom. The minimum absolute atomic E-state index is 0.490. The minimum Gasteiger partial charge on any atom is -0.444 e. The Bertz CT molecular complexity index is 374. The molecule has 0 aliphatic carbocycles. The van der Waals surface area contributed by atoms with Crippen LogP contribution in [0.4, 0.5) is 10.6 Å². The highest BCUT2D eigenvalue weighted by Gasteiger charge is 2.16. The van der Waals surface area contributed by atoms with Crippen molar-refractivity contribution >= 4 is 24.1 Å². The SMILES string of the molecule is CC(C)(C)OC(=O)Nc1cc(=S)[nH][nH]1. The molecule has 78 valence electrons. The number of amides is 1. The Kier molecular flexibility index (Phi) is 2.95. The summed E-state index contributed by atoms with van der Waals surface area (Å²) >= 11 is 4.82. The number of hydrogen-bond donors (Lipinski definition) is 3. The molecule has 14 heavy (non-hydrogen) atoms. The van der Waals surface area contributed by atoms with Gasteiger partial charge in [-0.15, -0.1) is 0 Å². The summed E-state index contributed by atoms with van der Waals surface area (Å²) in [6.45, 7) is 5.39. The highest BCUT2D eigenvalue weighted by Crippen LogP contribution is 2.09.